The van der Waals surface area contributed by atoms with E-state index in [9.17, 15) is 5.11 Å². The molecule has 1 N–H and O–H groups in total. The summed E-state index contributed by atoms with van der Waals surface area (Å²) in [7, 11) is 0. The second kappa shape index (κ2) is 10.3. The van der Waals surface area contributed by atoms with Crippen molar-refractivity contribution in [3.8, 4) is 5.75 Å². The molecule has 0 unspecified atom stereocenters. The van der Waals surface area contributed by atoms with E-state index >= 15 is 0 Å². The first-order valence-electron chi connectivity index (χ1n) is 10.9. The Labute approximate surface area is 161 Å². The Morgan fingerprint density at radius 1 is 1.00 bits per heavy atom. The molecule has 2 heteroatoms. The third kappa shape index (κ3) is 6.01. The van der Waals surface area contributed by atoms with E-state index in [1.807, 2.05) is 0 Å². The maximum Gasteiger partial charge on any atom is 0.119 e. The molecule has 0 saturated heterocycles. The lowest BCUT2D eigenvalue weighted by Crippen LogP contribution is -2.41. The lowest BCUT2D eigenvalue weighted by Gasteiger charge is -2.42. The van der Waals surface area contributed by atoms with Crippen molar-refractivity contribution < 1.29 is 9.84 Å². The Bertz CT molecular complexity index is 505. The Hall–Kier alpha value is -1.02. The largest absolute Gasteiger partial charge is 0.494 e. The quantitative estimate of drug-likeness (QED) is 0.482. The fourth-order valence-electron chi connectivity index (χ4n) is 4.46. The van der Waals surface area contributed by atoms with Gasteiger partial charge in [-0.15, -0.1) is 0 Å². The SMILES string of the molecule is CCCCCCCCOc1ccc(C(C)(C)[C@@H]2CC[C@@H](C)C[C@H]2O)cc1. The van der Waals surface area contributed by atoms with E-state index in [-0.39, 0.29) is 11.5 Å². The Balaban J connectivity index is 1.82. The number of rotatable bonds is 10. The van der Waals surface area contributed by atoms with E-state index in [4.69, 9.17) is 4.74 Å². The summed E-state index contributed by atoms with van der Waals surface area (Å²) in [5.41, 5.74) is 1.31. The molecule has 1 aliphatic rings. The van der Waals surface area contributed by atoms with Crippen molar-refractivity contribution in [2.45, 2.75) is 97.0 Å². The molecule has 0 heterocycles. The highest BCUT2D eigenvalue weighted by molar-refractivity contribution is 5.32. The number of aliphatic hydroxyl groups is 1. The van der Waals surface area contributed by atoms with E-state index < -0.39 is 0 Å². The predicted molar refractivity (Wildman–Crippen MR) is 111 cm³/mol. The van der Waals surface area contributed by atoms with E-state index in [2.05, 4.69) is 52.0 Å². The molecule has 0 aliphatic heterocycles. The fourth-order valence-corrected chi connectivity index (χ4v) is 4.46. The van der Waals surface area contributed by atoms with Crippen LogP contribution in [-0.4, -0.2) is 17.8 Å². The minimum absolute atomic E-state index is 0.00261. The molecular formula is C24H40O2. The lowest BCUT2D eigenvalue weighted by molar-refractivity contribution is 0.0143. The molecule has 0 spiro atoms. The third-order valence-electron chi connectivity index (χ3n) is 6.37. The number of hydrogen-bond acceptors (Lipinski definition) is 2. The lowest BCUT2D eigenvalue weighted by atomic mass is 9.64. The molecule has 0 aromatic heterocycles. The monoisotopic (exact) mass is 360 g/mol. The minimum atomic E-state index is -0.183. The van der Waals surface area contributed by atoms with Gasteiger partial charge in [0.05, 0.1) is 12.7 Å². The van der Waals surface area contributed by atoms with Crippen molar-refractivity contribution >= 4 is 0 Å². The van der Waals surface area contributed by atoms with Crippen LogP contribution in [0.2, 0.25) is 0 Å². The summed E-state index contributed by atoms with van der Waals surface area (Å²) in [5.74, 6) is 1.96. The summed E-state index contributed by atoms with van der Waals surface area (Å²) >= 11 is 0. The maximum absolute atomic E-state index is 10.6. The summed E-state index contributed by atoms with van der Waals surface area (Å²) in [4.78, 5) is 0. The van der Waals surface area contributed by atoms with Crippen LogP contribution in [0, 0.1) is 11.8 Å². The Morgan fingerprint density at radius 2 is 1.65 bits per heavy atom. The van der Waals surface area contributed by atoms with Gasteiger partial charge in [0.1, 0.15) is 5.75 Å². The number of unbranched alkanes of at least 4 members (excludes halogenated alkanes) is 5. The van der Waals surface area contributed by atoms with Gasteiger partial charge in [-0.3, -0.25) is 0 Å². The summed E-state index contributed by atoms with van der Waals surface area (Å²) < 4.78 is 5.91. The van der Waals surface area contributed by atoms with Crippen LogP contribution in [0.15, 0.2) is 24.3 Å². The molecule has 1 aromatic rings. The van der Waals surface area contributed by atoms with Gasteiger partial charge in [0.2, 0.25) is 0 Å². The van der Waals surface area contributed by atoms with Crippen LogP contribution >= 0.6 is 0 Å². The molecule has 1 fully saturated rings. The van der Waals surface area contributed by atoms with Crippen LogP contribution in [0.3, 0.4) is 0 Å². The van der Waals surface area contributed by atoms with Crippen LogP contribution in [0.5, 0.6) is 5.75 Å². The fraction of sp³-hybridized carbons (Fsp3) is 0.750. The van der Waals surface area contributed by atoms with Crippen LogP contribution in [-0.2, 0) is 5.41 Å². The normalized spacial score (nSPS) is 23.8. The van der Waals surface area contributed by atoms with Gasteiger partial charge in [0.25, 0.3) is 0 Å². The minimum Gasteiger partial charge on any atom is -0.494 e. The molecule has 2 rings (SSSR count). The molecule has 3 atom stereocenters. The molecule has 148 valence electrons. The average molecular weight is 361 g/mol. The van der Waals surface area contributed by atoms with Gasteiger partial charge in [0, 0.05) is 0 Å². The van der Waals surface area contributed by atoms with Crippen molar-refractivity contribution in [1.29, 1.82) is 0 Å². The molecular weight excluding hydrogens is 320 g/mol. The van der Waals surface area contributed by atoms with Crippen molar-refractivity contribution in [2.24, 2.45) is 11.8 Å². The topological polar surface area (TPSA) is 29.5 Å². The zero-order valence-corrected chi connectivity index (χ0v) is 17.5. The summed E-state index contributed by atoms with van der Waals surface area (Å²) in [6, 6.07) is 8.60. The Kier molecular flexibility index (Phi) is 8.47. The summed E-state index contributed by atoms with van der Waals surface area (Å²) in [6.07, 6.45) is 10.8. The van der Waals surface area contributed by atoms with Crippen LogP contribution in [0.25, 0.3) is 0 Å². The highest BCUT2D eigenvalue weighted by Crippen LogP contribution is 2.42. The number of ether oxygens (including phenoxy) is 1. The molecule has 1 aliphatic carbocycles. The first-order chi connectivity index (χ1) is 12.4. The van der Waals surface area contributed by atoms with Crippen molar-refractivity contribution in [2.75, 3.05) is 6.61 Å². The van der Waals surface area contributed by atoms with Gasteiger partial charge in [-0.25, -0.2) is 0 Å². The number of hydrogen-bond donors (Lipinski definition) is 1. The van der Waals surface area contributed by atoms with Gasteiger partial charge < -0.3 is 9.84 Å². The average Bonchev–Trinajstić information content (AvgIpc) is 2.61. The number of benzene rings is 1. The van der Waals surface area contributed by atoms with Crippen LogP contribution < -0.4 is 4.74 Å². The molecule has 0 bridgehead atoms. The predicted octanol–water partition coefficient (Wildman–Crippen LogP) is 6.50. The smallest absolute Gasteiger partial charge is 0.119 e. The third-order valence-corrected chi connectivity index (χ3v) is 6.37. The van der Waals surface area contributed by atoms with Crippen molar-refractivity contribution in [1.82, 2.24) is 0 Å². The zero-order chi connectivity index (χ0) is 19.0. The first-order valence-corrected chi connectivity index (χ1v) is 10.9. The van der Waals surface area contributed by atoms with Crippen LogP contribution in [0.4, 0.5) is 0 Å². The molecule has 0 radical (unpaired) electrons. The van der Waals surface area contributed by atoms with Crippen molar-refractivity contribution in [3.63, 3.8) is 0 Å². The van der Waals surface area contributed by atoms with Gasteiger partial charge in [-0.1, -0.05) is 78.4 Å². The van der Waals surface area contributed by atoms with Crippen LogP contribution in [0.1, 0.15) is 91.0 Å². The highest BCUT2D eigenvalue weighted by atomic mass is 16.5. The highest BCUT2D eigenvalue weighted by Gasteiger charge is 2.39. The van der Waals surface area contributed by atoms with E-state index in [1.165, 1.54) is 44.1 Å². The van der Waals surface area contributed by atoms with Gasteiger partial charge in [-0.05, 0) is 54.2 Å². The summed E-state index contributed by atoms with van der Waals surface area (Å²) in [6.45, 7) is 9.88. The van der Waals surface area contributed by atoms with Crippen molar-refractivity contribution in [3.05, 3.63) is 29.8 Å². The molecule has 2 nitrogen and oxygen atoms in total. The van der Waals surface area contributed by atoms with E-state index in [1.54, 1.807) is 0 Å². The standard InChI is InChI=1S/C24H40O2/c1-5-6-7-8-9-10-17-26-21-14-12-20(13-15-21)24(3,4)22-16-11-19(2)18-23(22)25/h12-15,19,22-23,25H,5-11,16-18H2,1-4H3/t19-,22-,23-/m1/s1. The molecule has 26 heavy (non-hydrogen) atoms. The van der Waals surface area contributed by atoms with E-state index in [0.717, 1.165) is 31.6 Å². The van der Waals surface area contributed by atoms with Gasteiger partial charge >= 0.3 is 0 Å². The van der Waals surface area contributed by atoms with E-state index in [0.29, 0.717) is 11.8 Å². The Morgan fingerprint density at radius 3 is 2.31 bits per heavy atom. The molecule has 1 saturated carbocycles. The summed E-state index contributed by atoms with van der Waals surface area (Å²) in [5, 5.41) is 10.6. The molecule has 1 aromatic carbocycles. The first kappa shape index (κ1) is 21.3. The van der Waals surface area contributed by atoms with Gasteiger partial charge in [0.15, 0.2) is 0 Å². The second-order valence-corrected chi connectivity index (χ2v) is 8.95. The number of aliphatic hydroxyl groups excluding tert-OH is 1. The molecule has 0 amide bonds. The second-order valence-electron chi connectivity index (χ2n) is 8.95. The zero-order valence-electron chi connectivity index (χ0n) is 17.5. The van der Waals surface area contributed by atoms with Gasteiger partial charge in [-0.2, -0.15) is 0 Å². The maximum atomic E-state index is 10.6.